The van der Waals surface area contributed by atoms with Crippen LogP contribution in [0.1, 0.15) is 70.3 Å². The number of aryl methyl sites for hydroxylation is 1. The highest BCUT2D eigenvalue weighted by Gasteiger charge is 1.99. The van der Waals surface area contributed by atoms with Crippen molar-refractivity contribution in [3.63, 3.8) is 0 Å². The lowest BCUT2D eigenvalue weighted by Crippen LogP contribution is -1.94. The summed E-state index contributed by atoms with van der Waals surface area (Å²) in [7, 11) is 0. The molecule has 20 heavy (non-hydrogen) atoms. The minimum Gasteiger partial charge on any atom is -0.0925 e. The van der Waals surface area contributed by atoms with Crippen LogP contribution in [0.25, 0.3) is 0 Å². The van der Waals surface area contributed by atoms with Gasteiger partial charge in [-0.15, -0.1) is 0 Å². The van der Waals surface area contributed by atoms with Gasteiger partial charge in [-0.2, -0.15) is 0 Å². The van der Waals surface area contributed by atoms with E-state index in [1.165, 1.54) is 69.8 Å². The molecule has 0 aliphatic carbocycles. The number of benzene rings is 1. The average Bonchev–Trinajstić information content (AvgIpc) is 2.50. The van der Waals surface area contributed by atoms with Gasteiger partial charge in [0.05, 0.1) is 0 Å². The van der Waals surface area contributed by atoms with Gasteiger partial charge in [-0.3, -0.25) is 0 Å². The Hall–Kier alpha value is -0.300. The molecule has 1 atom stereocenters. The van der Waals surface area contributed by atoms with E-state index < -0.39 is 0 Å². The maximum absolute atomic E-state index is 3.55. The second kappa shape index (κ2) is 12.4. The molecular formula is C19H31Br. The van der Waals surface area contributed by atoms with Crippen molar-refractivity contribution in [1.29, 1.82) is 0 Å². The molecule has 0 aromatic heterocycles. The first-order valence-corrected chi connectivity index (χ1v) is 9.55. The van der Waals surface area contributed by atoms with Gasteiger partial charge in [0.1, 0.15) is 0 Å². The summed E-state index contributed by atoms with van der Waals surface area (Å²) in [5, 5.41) is 1.16. The monoisotopic (exact) mass is 338 g/mol. The standard InChI is InChI=1S/C19H31Br/c1-18(17-20)13-9-6-4-2-3-5-7-10-14-19-15-11-8-12-16-19/h8,11-12,15-16,18H,2-7,9-10,13-14,17H2,1H3. The fourth-order valence-corrected chi connectivity index (χ4v) is 2.93. The van der Waals surface area contributed by atoms with Gasteiger partial charge in [0.25, 0.3) is 0 Å². The van der Waals surface area contributed by atoms with E-state index in [9.17, 15) is 0 Å². The van der Waals surface area contributed by atoms with Gasteiger partial charge < -0.3 is 0 Å². The molecule has 114 valence electrons. The van der Waals surface area contributed by atoms with Crippen LogP contribution in [-0.2, 0) is 6.42 Å². The van der Waals surface area contributed by atoms with Crippen molar-refractivity contribution >= 4 is 15.9 Å². The van der Waals surface area contributed by atoms with Gasteiger partial charge in [0.2, 0.25) is 0 Å². The summed E-state index contributed by atoms with van der Waals surface area (Å²) in [6.07, 6.45) is 14.0. The lowest BCUT2D eigenvalue weighted by atomic mass is 10.0. The van der Waals surface area contributed by atoms with Crippen LogP contribution in [0.5, 0.6) is 0 Å². The molecule has 0 saturated carbocycles. The lowest BCUT2D eigenvalue weighted by Gasteiger charge is -2.06. The van der Waals surface area contributed by atoms with Gasteiger partial charge in [-0.25, -0.2) is 0 Å². The zero-order chi connectivity index (χ0) is 14.5. The minimum absolute atomic E-state index is 0.855. The van der Waals surface area contributed by atoms with Gasteiger partial charge >= 0.3 is 0 Å². The maximum atomic E-state index is 3.55. The predicted octanol–water partition coefficient (Wildman–Crippen LogP) is 6.77. The van der Waals surface area contributed by atoms with Crippen LogP contribution in [0, 0.1) is 5.92 Å². The van der Waals surface area contributed by atoms with Gasteiger partial charge in [0.15, 0.2) is 0 Å². The van der Waals surface area contributed by atoms with Gasteiger partial charge in [-0.05, 0) is 30.7 Å². The van der Waals surface area contributed by atoms with E-state index in [1.807, 2.05) is 0 Å². The molecule has 0 aliphatic rings. The van der Waals surface area contributed by atoms with E-state index in [0.29, 0.717) is 0 Å². The Balaban J connectivity index is 1.81. The van der Waals surface area contributed by atoms with E-state index in [2.05, 4.69) is 53.2 Å². The molecule has 0 heterocycles. The molecule has 0 N–H and O–H groups in total. The topological polar surface area (TPSA) is 0 Å². The third-order valence-electron chi connectivity index (χ3n) is 4.02. The Labute approximate surface area is 134 Å². The molecule has 0 nitrogen and oxygen atoms in total. The molecule has 0 fully saturated rings. The number of hydrogen-bond donors (Lipinski definition) is 0. The van der Waals surface area contributed by atoms with E-state index in [4.69, 9.17) is 0 Å². The Morgan fingerprint density at radius 1 is 0.800 bits per heavy atom. The number of unbranched alkanes of at least 4 members (excludes halogenated alkanes) is 7. The Morgan fingerprint density at radius 3 is 1.95 bits per heavy atom. The normalized spacial score (nSPS) is 12.5. The van der Waals surface area contributed by atoms with Crippen molar-refractivity contribution in [2.45, 2.75) is 71.1 Å². The summed E-state index contributed by atoms with van der Waals surface area (Å²) in [5.41, 5.74) is 1.49. The summed E-state index contributed by atoms with van der Waals surface area (Å²) in [5.74, 6) is 0.855. The average molecular weight is 339 g/mol. The SMILES string of the molecule is CC(CBr)CCCCCCCCCCc1ccccc1. The highest BCUT2D eigenvalue weighted by Crippen LogP contribution is 2.14. The first-order chi connectivity index (χ1) is 9.83. The van der Waals surface area contributed by atoms with E-state index in [0.717, 1.165) is 11.2 Å². The fraction of sp³-hybridized carbons (Fsp3) is 0.684. The molecule has 0 saturated heterocycles. The zero-order valence-electron chi connectivity index (χ0n) is 13.1. The van der Waals surface area contributed by atoms with Crippen LogP contribution >= 0.6 is 15.9 Å². The molecule has 1 heteroatoms. The van der Waals surface area contributed by atoms with Crippen LogP contribution in [0.4, 0.5) is 0 Å². The number of rotatable bonds is 12. The third-order valence-corrected chi connectivity index (χ3v) is 5.12. The van der Waals surface area contributed by atoms with Crippen molar-refractivity contribution < 1.29 is 0 Å². The van der Waals surface area contributed by atoms with Crippen molar-refractivity contribution in [3.05, 3.63) is 35.9 Å². The summed E-state index contributed by atoms with van der Waals surface area (Å²) in [4.78, 5) is 0. The van der Waals surface area contributed by atoms with Crippen molar-refractivity contribution in [2.75, 3.05) is 5.33 Å². The van der Waals surface area contributed by atoms with Crippen molar-refractivity contribution in [3.8, 4) is 0 Å². The molecule has 0 radical (unpaired) electrons. The highest BCUT2D eigenvalue weighted by atomic mass is 79.9. The highest BCUT2D eigenvalue weighted by molar-refractivity contribution is 9.09. The maximum Gasteiger partial charge on any atom is 0.00570 e. The largest absolute Gasteiger partial charge is 0.0925 e. The lowest BCUT2D eigenvalue weighted by molar-refractivity contribution is 0.513. The Morgan fingerprint density at radius 2 is 1.35 bits per heavy atom. The smallest absolute Gasteiger partial charge is 0.00570 e. The number of alkyl halides is 1. The molecule has 0 aliphatic heterocycles. The minimum atomic E-state index is 0.855. The van der Waals surface area contributed by atoms with E-state index >= 15 is 0 Å². The number of halogens is 1. The molecule has 0 spiro atoms. The molecule has 1 aromatic carbocycles. The molecule has 0 bridgehead atoms. The Bertz CT molecular complexity index is 307. The van der Waals surface area contributed by atoms with Gasteiger partial charge in [-0.1, -0.05) is 98.1 Å². The predicted molar refractivity (Wildman–Crippen MR) is 94.7 cm³/mol. The van der Waals surface area contributed by atoms with Crippen LogP contribution < -0.4 is 0 Å². The zero-order valence-corrected chi connectivity index (χ0v) is 14.7. The Kier molecular flexibility index (Phi) is 11.0. The van der Waals surface area contributed by atoms with Crippen molar-refractivity contribution in [2.24, 2.45) is 5.92 Å². The second-order valence-corrected chi connectivity index (χ2v) is 6.76. The summed E-state index contributed by atoms with van der Waals surface area (Å²) in [6, 6.07) is 10.9. The first-order valence-electron chi connectivity index (χ1n) is 8.43. The summed E-state index contributed by atoms with van der Waals surface area (Å²) < 4.78 is 0. The van der Waals surface area contributed by atoms with Crippen LogP contribution in [-0.4, -0.2) is 5.33 Å². The summed E-state index contributed by atoms with van der Waals surface area (Å²) >= 11 is 3.55. The second-order valence-electron chi connectivity index (χ2n) is 6.11. The van der Waals surface area contributed by atoms with Crippen LogP contribution in [0.2, 0.25) is 0 Å². The molecule has 0 amide bonds. The van der Waals surface area contributed by atoms with Crippen molar-refractivity contribution in [1.82, 2.24) is 0 Å². The third kappa shape index (κ3) is 9.58. The molecule has 1 aromatic rings. The summed E-state index contributed by atoms with van der Waals surface area (Å²) in [6.45, 7) is 2.33. The molecular weight excluding hydrogens is 308 g/mol. The first kappa shape index (κ1) is 17.8. The van der Waals surface area contributed by atoms with Gasteiger partial charge in [0, 0.05) is 5.33 Å². The van der Waals surface area contributed by atoms with Crippen LogP contribution in [0.3, 0.4) is 0 Å². The van der Waals surface area contributed by atoms with E-state index in [1.54, 1.807) is 0 Å². The van der Waals surface area contributed by atoms with E-state index in [-0.39, 0.29) is 0 Å². The molecule has 1 unspecified atom stereocenters. The quantitative estimate of drug-likeness (QED) is 0.291. The van der Waals surface area contributed by atoms with Crippen LogP contribution in [0.15, 0.2) is 30.3 Å². The fourth-order valence-electron chi connectivity index (χ4n) is 2.60. The molecule has 1 rings (SSSR count). The number of hydrogen-bond acceptors (Lipinski definition) is 0.